The van der Waals surface area contributed by atoms with Gasteiger partial charge in [0, 0.05) is 0 Å². The Labute approximate surface area is 161 Å². The Kier molecular flexibility index (Phi) is 7.98. The first-order valence-corrected chi connectivity index (χ1v) is 12.3. The Bertz CT molecular complexity index is 719. The Morgan fingerprint density at radius 3 is 2.58 bits per heavy atom. The SMILES string of the molecule is CCS(=O)(=O)NC(CCSC)C(=O)NC(C)c1ccc2c(c1)CCCC2. The molecule has 0 spiro atoms. The van der Waals surface area contributed by atoms with E-state index in [0.29, 0.717) is 6.42 Å². The fraction of sp³-hybridized carbons (Fsp3) is 0.632. The molecule has 0 saturated heterocycles. The molecule has 2 N–H and O–H groups in total. The highest BCUT2D eigenvalue weighted by atomic mass is 32.2. The minimum absolute atomic E-state index is 0.0313. The fourth-order valence-electron chi connectivity index (χ4n) is 3.20. The lowest BCUT2D eigenvalue weighted by Gasteiger charge is -2.23. The standard InChI is InChI=1S/C19H30N2O3S2/c1-4-26(23,24)21-18(11-12-25-3)19(22)20-14(2)16-10-9-15-7-5-6-8-17(15)13-16/h9-10,13-14,18,21H,4-8,11-12H2,1-3H3,(H,20,22). The van der Waals surface area contributed by atoms with E-state index < -0.39 is 16.1 Å². The van der Waals surface area contributed by atoms with Crippen LogP contribution in [0.15, 0.2) is 18.2 Å². The molecule has 2 atom stereocenters. The van der Waals surface area contributed by atoms with Gasteiger partial charge in [-0.05, 0) is 74.7 Å². The van der Waals surface area contributed by atoms with Crippen LogP contribution in [-0.2, 0) is 27.7 Å². The van der Waals surface area contributed by atoms with Gasteiger partial charge in [-0.1, -0.05) is 18.2 Å². The molecule has 0 aliphatic heterocycles. The number of nitrogens with one attached hydrogen (secondary N) is 2. The van der Waals surface area contributed by atoms with Crippen LogP contribution in [0.5, 0.6) is 0 Å². The minimum Gasteiger partial charge on any atom is -0.348 e. The Hall–Kier alpha value is -1.05. The van der Waals surface area contributed by atoms with Crippen molar-refractivity contribution in [2.45, 2.75) is 58.0 Å². The largest absolute Gasteiger partial charge is 0.348 e. The van der Waals surface area contributed by atoms with Crippen molar-refractivity contribution < 1.29 is 13.2 Å². The lowest BCUT2D eigenvalue weighted by Crippen LogP contribution is -2.48. The van der Waals surface area contributed by atoms with Gasteiger partial charge in [-0.25, -0.2) is 13.1 Å². The number of thioether (sulfide) groups is 1. The zero-order valence-corrected chi connectivity index (χ0v) is 17.5. The van der Waals surface area contributed by atoms with Gasteiger partial charge in [0.05, 0.1) is 11.8 Å². The average molecular weight is 399 g/mol. The maximum absolute atomic E-state index is 12.7. The van der Waals surface area contributed by atoms with Gasteiger partial charge >= 0.3 is 0 Å². The molecule has 0 bridgehead atoms. The first-order valence-electron chi connectivity index (χ1n) is 9.27. The van der Waals surface area contributed by atoms with E-state index in [0.717, 1.165) is 24.2 Å². The Balaban J connectivity index is 2.06. The van der Waals surface area contributed by atoms with Crippen molar-refractivity contribution in [3.8, 4) is 0 Å². The number of sulfonamides is 1. The number of carbonyl (C=O) groups excluding carboxylic acids is 1. The van der Waals surface area contributed by atoms with Gasteiger partial charge in [-0.2, -0.15) is 11.8 Å². The second-order valence-corrected chi connectivity index (χ2v) is 9.85. The third-order valence-electron chi connectivity index (χ3n) is 4.86. The first-order chi connectivity index (χ1) is 12.4. The van der Waals surface area contributed by atoms with Crippen LogP contribution < -0.4 is 10.0 Å². The van der Waals surface area contributed by atoms with Gasteiger partial charge in [0.25, 0.3) is 0 Å². The zero-order chi connectivity index (χ0) is 19.2. The molecule has 26 heavy (non-hydrogen) atoms. The van der Waals surface area contributed by atoms with Crippen LogP contribution >= 0.6 is 11.8 Å². The molecular weight excluding hydrogens is 368 g/mol. The Morgan fingerprint density at radius 2 is 1.92 bits per heavy atom. The van der Waals surface area contributed by atoms with Gasteiger partial charge < -0.3 is 5.32 Å². The van der Waals surface area contributed by atoms with Crippen molar-refractivity contribution in [3.05, 3.63) is 34.9 Å². The third kappa shape index (κ3) is 5.99. The molecule has 0 radical (unpaired) electrons. The first kappa shape index (κ1) is 21.3. The summed E-state index contributed by atoms with van der Waals surface area (Å²) in [5.74, 6) is 0.426. The second kappa shape index (κ2) is 9.76. The summed E-state index contributed by atoms with van der Waals surface area (Å²) in [6, 6.07) is 5.54. The van der Waals surface area contributed by atoms with Gasteiger partial charge in [-0.15, -0.1) is 0 Å². The third-order valence-corrected chi connectivity index (χ3v) is 6.91. The topological polar surface area (TPSA) is 75.3 Å². The molecule has 1 aliphatic carbocycles. The maximum Gasteiger partial charge on any atom is 0.238 e. The van der Waals surface area contributed by atoms with E-state index in [4.69, 9.17) is 0 Å². The molecule has 2 unspecified atom stereocenters. The highest BCUT2D eigenvalue weighted by Gasteiger charge is 2.24. The molecule has 5 nitrogen and oxygen atoms in total. The minimum atomic E-state index is -3.43. The van der Waals surface area contributed by atoms with E-state index in [1.807, 2.05) is 13.2 Å². The van der Waals surface area contributed by atoms with Crippen molar-refractivity contribution in [3.63, 3.8) is 0 Å². The number of hydrogen-bond acceptors (Lipinski definition) is 4. The van der Waals surface area contributed by atoms with Gasteiger partial charge in [0.1, 0.15) is 6.04 Å². The molecule has 0 saturated carbocycles. The summed E-state index contributed by atoms with van der Waals surface area (Å²) in [6.07, 6.45) is 7.10. The smallest absolute Gasteiger partial charge is 0.238 e. The van der Waals surface area contributed by atoms with Crippen LogP contribution in [-0.4, -0.2) is 38.1 Å². The number of carbonyl (C=O) groups is 1. The quantitative estimate of drug-likeness (QED) is 0.671. The fourth-order valence-corrected chi connectivity index (χ4v) is 4.50. The van der Waals surface area contributed by atoms with Gasteiger partial charge in [-0.3, -0.25) is 4.79 Å². The van der Waals surface area contributed by atoms with E-state index >= 15 is 0 Å². The summed E-state index contributed by atoms with van der Waals surface area (Å²) >= 11 is 1.60. The van der Waals surface area contributed by atoms with Crippen molar-refractivity contribution in [2.24, 2.45) is 0 Å². The Morgan fingerprint density at radius 1 is 1.23 bits per heavy atom. The van der Waals surface area contributed by atoms with Crippen LogP contribution in [0.3, 0.4) is 0 Å². The molecule has 0 heterocycles. The molecule has 0 aromatic heterocycles. The number of hydrogen-bond donors (Lipinski definition) is 2. The molecule has 1 amide bonds. The lowest BCUT2D eigenvalue weighted by molar-refractivity contribution is -0.123. The summed E-state index contributed by atoms with van der Waals surface area (Å²) in [5.41, 5.74) is 3.86. The molecule has 7 heteroatoms. The molecule has 0 fully saturated rings. The second-order valence-electron chi connectivity index (χ2n) is 6.82. The lowest BCUT2D eigenvalue weighted by atomic mass is 9.89. The number of aryl methyl sites for hydroxylation is 2. The van der Waals surface area contributed by atoms with E-state index in [1.54, 1.807) is 18.7 Å². The molecule has 1 aromatic rings. The average Bonchev–Trinajstić information content (AvgIpc) is 2.64. The van der Waals surface area contributed by atoms with E-state index in [-0.39, 0.29) is 17.7 Å². The maximum atomic E-state index is 12.7. The summed E-state index contributed by atoms with van der Waals surface area (Å²) < 4.78 is 26.3. The van der Waals surface area contributed by atoms with E-state index in [1.165, 1.54) is 24.0 Å². The van der Waals surface area contributed by atoms with Crippen LogP contribution in [0.2, 0.25) is 0 Å². The van der Waals surface area contributed by atoms with Crippen LogP contribution in [0.1, 0.15) is 55.8 Å². The van der Waals surface area contributed by atoms with Crippen molar-refractivity contribution in [1.29, 1.82) is 0 Å². The molecule has 146 valence electrons. The predicted molar refractivity (Wildman–Crippen MR) is 109 cm³/mol. The summed E-state index contributed by atoms with van der Waals surface area (Å²) in [7, 11) is -3.43. The highest BCUT2D eigenvalue weighted by Crippen LogP contribution is 2.24. The molecular formula is C19H30N2O3S2. The molecule has 1 aliphatic rings. The van der Waals surface area contributed by atoms with Crippen molar-refractivity contribution >= 4 is 27.7 Å². The van der Waals surface area contributed by atoms with Gasteiger partial charge in [0.15, 0.2) is 0 Å². The molecule has 2 rings (SSSR count). The number of amides is 1. The van der Waals surface area contributed by atoms with Crippen LogP contribution in [0.4, 0.5) is 0 Å². The highest BCUT2D eigenvalue weighted by molar-refractivity contribution is 7.98. The summed E-state index contributed by atoms with van der Waals surface area (Å²) in [6.45, 7) is 3.52. The van der Waals surface area contributed by atoms with Crippen molar-refractivity contribution in [2.75, 3.05) is 17.8 Å². The summed E-state index contributed by atoms with van der Waals surface area (Å²) in [4.78, 5) is 12.7. The monoisotopic (exact) mass is 398 g/mol. The van der Waals surface area contributed by atoms with E-state index in [9.17, 15) is 13.2 Å². The zero-order valence-electron chi connectivity index (χ0n) is 15.9. The number of rotatable bonds is 9. The molecule has 1 aromatic carbocycles. The van der Waals surface area contributed by atoms with E-state index in [2.05, 4.69) is 28.2 Å². The van der Waals surface area contributed by atoms with Crippen LogP contribution in [0, 0.1) is 0 Å². The summed E-state index contributed by atoms with van der Waals surface area (Å²) in [5, 5.41) is 2.98. The number of fused-ring (bicyclic) bond motifs is 1. The van der Waals surface area contributed by atoms with Crippen molar-refractivity contribution in [1.82, 2.24) is 10.0 Å². The normalized spacial score (nSPS) is 16.6. The van der Waals surface area contributed by atoms with Crippen LogP contribution in [0.25, 0.3) is 0 Å². The van der Waals surface area contributed by atoms with Gasteiger partial charge in [0.2, 0.25) is 15.9 Å². The number of benzene rings is 1. The predicted octanol–water partition coefficient (Wildman–Crippen LogP) is 2.80.